The summed E-state index contributed by atoms with van der Waals surface area (Å²) in [5, 5.41) is 0.645. The van der Waals surface area contributed by atoms with Gasteiger partial charge in [0.05, 0.1) is 19.2 Å². The van der Waals surface area contributed by atoms with Crippen LogP contribution in [0.1, 0.15) is 17.5 Å². The summed E-state index contributed by atoms with van der Waals surface area (Å²) >= 11 is 6.32. The highest BCUT2D eigenvalue weighted by molar-refractivity contribution is 6.33. The fourth-order valence-electron chi connectivity index (χ4n) is 2.19. The van der Waals surface area contributed by atoms with Crippen LogP contribution in [0.15, 0.2) is 6.07 Å². The van der Waals surface area contributed by atoms with Gasteiger partial charge in [-0.1, -0.05) is 11.6 Å². The molecule has 2 N–H and O–H groups in total. The maximum absolute atomic E-state index is 6.32. The van der Waals surface area contributed by atoms with Gasteiger partial charge in [0.1, 0.15) is 0 Å². The second-order valence-electron chi connectivity index (χ2n) is 4.07. The topological polar surface area (TPSA) is 44.5 Å². The smallest absolute Gasteiger partial charge is 0.179 e. The van der Waals surface area contributed by atoms with E-state index < -0.39 is 0 Å². The minimum atomic E-state index is 0.197. The molecule has 0 bridgehead atoms. The third kappa shape index (κ3) is 1.85. The minimum Gasteiger partial charge on any atom is -0.493 e. The number of methoxy groups -OCH3 is 2. The molecular formula is C12H16ClNO2. The number of hydrogen-bond acceptors (Lipinski definition) is 3. The SMILES string of the molecule is COc1cc2c(c(Cl)c1OC)CC(N)CC2. The summed E-state index contributed by atoms with van der Waals surface area (Å²) in [7, 11) is 3.22. The molecule has 1 aliphatic rings. The Morgan fingerprint density at radius 2 is 2.12 bits per heavy atom. The quantitative estimate of drug-likeness (QED) is 0.863. The van der Waals surface area contributed by atoms with Gasteiger partial charge < -0.3 is 15.2 Å². The Morgan fingerprint density at radius 1 is 1.38 bits per heavy atom. The zero-order valence-electron chi connectivity index (χ0n) is 9.55. The first-order valence-corrected chi connectivity index (χ1v) is 5.73. The molecule has 0 amide bonds. The summed E-state index contributed by atoms with van der Waals surface area (Å²) in [6.07, 6.45) is 2.77. The van der Waals surface area contributed by atoms with Crippen molar-refractivity contribution < 1.29 is 9.47 Å². The number of ether oxygens (including phenoxy) is 2. The zero-order chi connectivity index (χ0) is 11.7. The Hall–Kier alpha value is -0.930. The van der Waals surface area contributed by atoms with Gasteiger partial charge in [-0.3, -0.25) is 0 Å². The third-order valence-electron chi connectivity index (χ3n) is 3.06. The Bertz CT molecular complexity index is 406. The maximum atomic E-state index is 6.32. The Balaban J connectivity index is 2.54. The first kappa shape index (κ1) is 11.6. The third-order valence-corrected chi connectivity index (χ3v) is 3.46. The van der Waals surface area contributed by atoms with E-state index in [0.717, 1.165) is 24.8 Å². The lowest BCUT2D eigenvalue weighted by molar-refractivity contribution is 0.353. The van der Waals surface area contributed by atoms with Crippen LogP contribution < -0.4 is 15.2 Å². The first-order chi connectivity index (χ1) is 7.67. The second kappa shape index (κ2) is 4.52. The molecule has 0 radical (unpaired) electrons. The number of fused-ring (bicyclic) bond motifs is 1. The Kier molecular flexibility index (Phi) is 3.26. The molecule has 0 saturated carbocycles. The van der Waals surface area contributed by atoms with E-state index in [0.29, 0.717) is 16.5 Å². The van der Waals surface area contributed by atoms with Crippen molar-refractivity contribution in [1.29, 1.82) is 0 Å². The van der Waals surface area contributed by atoms with Crippen LogP contribution in [0.25, 0.3) is 0 Å². The van der Waals surface area contributed by atoms with Crippen molar-refractivity contribution in [3.63, 3.8) is 0 Å². The summed E-state index contributed by atoms with van der Waals surface area (Å²) in [4.78, 5) is 0. The van der Waals surface area contributed by atoms with Crippen LogP contribution in [0.4, 0.5) is 0 Å². The van der Waals surface area contributed by atoms with Crippen molar-refractivity contribution in [3.8, 4) is 11.5 Å². The van der Waals surface area contributed by atoms with Crippen molar-refractivity contribution in [2.75, 3.05) is 14.2 Å². The molecule has 1 unspecified atom stereocenters. The van der Waals surface area contributed by atoms with Crippen molar-refractivity contribution in [2.24, 2.45) is 5.73 Å². The number of aryl methyl sites for hydroxylation is 1. The van der Waals surface area contributed by atoms with Gasteiger partial charge in [0, 0.05) is 6.04 Å². The molecule has 4 heteroatoms. The number of halogens is 1. The van der Waals surface area contributed by atoms with E-state index in [1.807, 2.05) is 6.07 Å². The van der Waals surface area contributed by atoms with Crippen molar-refractivity contribution >= 4 is 11.6 Å². The largest absolute Gasteiger partial charge is 0.493 e. The lowest BCUT2D eigenvalue weighted by Crippen LogP contribution is -2.28. The highest BCUT2D eigenvalue weighted by Gasteiger charge is 2.23. The molecular weight excluding hydrogens is 226 g/mol. The van der Waals surface area contributed by atoms with Crippen LogP contribution in [0, 0.1) is 0 Å². The van der Waals surface area contributed by atoms with E-state index in [2.05, 4.69) is 0 Å². The van der Waals surface area contributed by atoms with Crippen LogP contribution in [0.2, 0.25) is 5.02 Å². The van der Waals surface area contributed by atoms with Crippen molar-refractivity contribution in [3.05, 3.63) is 22.2 Å². The zero-order valence-corrected chi connectivity index (χ0v) is 10.3. The van der Waals surface area contributed by atoms with Gasteiger partial charge in [-0.05, 0) is 36.5 Å². The average Bonchev–Trinajstić information content (AvgIpc) is 2.29. The van der Waals surface area contributed by atoms with Gasteiger partial charge in [0.2, 0.25) is 0 Å². The van der Waals surface area contributed by atoms with E-state index in [4.69, 9.17) is 26.8 Å². The van der Waals surface area contributed by atoms with Crippen LogP contribution in [0.3, 0.4) is 0 Å². The highest BCUT2D eigenvalue weighted by Crippen LogP contribution is 2.41. The van der Waals surface area contributed by atoms with Crippen LogP contribution in [0.5, 0.6) is 11.5 Å². The molecule has 3 nitrogen and oxygen atoms in total. The van der Waals surface area contributed by atoms with Crippen LogP contribution in [-0.4, -0.2) is 20.3 Å². The molecule has 0 fully saturated rings. The van der Waals surface area contributed by atoms with Crippen molar-refractivity contribution in [2.45, 2.75) is 25.3 Å². The van der Waals surface area contributed by atoms with E-state index in [9.17, 15) is 0 Å². The predicted octanol–water partition coefficient (Wildman–Crippen LogP) is 2.17. The molecule has 0 saturated heterocycles. The van der Waals surface area contributed by atoms with E-state index in [1.165, 1.54) is 5.56 Å². The van der Waals surface area contributed by atoms with Gasteiger partial charge in [-0.15, -0.1) is 0 Å². The fraction of sp³-hybridized carbons (Fsp3) is 0.500. The molecule has 1 atom stereocenters. The van der Waals surface area contributed by atoms with Gasteiger partial charge in [0.15, 0.2) is 11.5 Å². The normalized spacial score (nSPS) is 19.1. The number of benzene rings is 1. The van der Waals surface area contributed by atoms with E-state index >= 15 is 0 Å². The minimum absolute atomic E-state index is 0.197. The molecule has 2 rings (SSSR count). The van der Waals surface area contributed by atoms with Crippen LogP contribution in [-0.2, 0) is 12.8 Å². The lowest BCUT2D eigenvalue weighted by atomic mass is 9.88. The number of hydrogen-bond donors (Lipinski definition) is 1. The molecule has 0 heterocycles. The summed E-state index contributed by atoms with van der Waals surface area (Å²) in [5.74, 6) is 1.30. The van der Waals surface area contributed by atoms with Gasteiger partial charge in [0.25, 0.3) is 0 Å². The summed E-state index contributed by atoms with van der Waals surface area (Å²) in [6, 6.07) is 2.20. The van der Waals surface area contributed by atoms with Gasteiger partial charge in [-0.25, -0.2) is 0 Å². The average molecular weight is 242 g/mol. The Morgan fingerprint density at radius 3 is 2.75 bits per heavy atom. The summed E-state index contributed by atoms with van der Waals surface area (Å²) in [5.41, 5.74) is 8.29. The summed E-state index contributed by atoms with van der Waals surface area (Å²) < 4.78 is 10.5. The maximum Gasteiger partial charge on any atom is 0.179 e. The van der Waals surface area contributed by atoms with E-state index in [1.54, 1.807) is 14.2 Å². The predicted molar refractivity (Wildman–Crippen MR) is 64.6 cm³/mol. The molecule has 88 valence electrons. The standard InChI is InChI=1S/C12H16ClNO2/c1-15-10-5-7-3-4-8(14)6-9(7)11(13)12(10)16-2/h5,8H,3-4,6,14H2,1-2H3. The molecule has 1 aromatic carbocycles. The highest BCUT2D eigenvalue weighted by atomic mass is 35.5. The monoisotopic (exact) mass is 241 g/mol. The molecule has 16 heavy (non-hydrogen) atoms. The Labute approximate surface area is 100 Å². The van der Waals surface area contributed by atoms with E-state index in [-0.39, 0.29) is 6.04 Å². The molecule has 1 aromatic rings. The molecule has 1 aliphatic carbocycles. The molecule has 0 spiro atoms. The van der Waals surface area contributed by atoms with Gasteiger partial charge >= 0.3 is 0 Å². The first-order valence-electron chi connectivity index (χ1n) is 5.35. The van der Waals surface area contributed by atoms with Crippen molar-refractivity contribution in [1.82, 2.24) is 0 Å². The molecule has 0 aromatic heterocycles. The fourth-order valence-corrected chi connectivity index (χ4v) is 2.56. The number of nitrogens with two attached hydrogens (primary N) is 1. The molecule has 0 aliphatic heterocycles. The number of rotatable bonds is 2. The summed E-state index contributed by atoms with van der Waals surface area (Å²) in [6.45, 7) is 0. The van der Waals surface area contributed by atoms with Gasteiger partial charge in [-0.2, -0.15) is 0 Å². The van der Waals surface area contributed by atoms with Crippen LogP contribution >= 0.6 is 11.6 Å². The second-order valence-corrected chi connectivity index (χ2v) is 4.44. The lowest BCUT2D eigenvalue weighted by Gasteiger charge is -2.24.